The summed E-state index contributed by atoms with van der Waals surface area (Å²) in [5, 5.41) is 14.0. The van der Waals surface area contributed by atoms with Crippen LogP contribution in [0.4, 0.5) is 18.9 Å². The summed E-state index contributed by atoms with van der Waals surface area (Å²) in [7, 11) is 1.32. The molecule has 10 heteroatoms. The summed E-state index contributed by atoms with van der Waals surface area (Å²) in [5.41, 5.74) is -2.02. The molecule has 168 valence electrons. The smallest absolute Gasteiger partial charge is 0.416 e. The van der Waals surface area contributed by atoms with Crippen LogP contribution in [0.1, 0.15) is 42.3 Å². The number of nitrogens with one attached hydrogen (secondary N) is 1. The highest BCUT2D eigenvalue weighted by Crippen LogP contribution is 2.35. The van der Waals surface area contributed by atoms with E-state index >= 15 is 0 Å². The standard InChI is InChI=1S/C21H23F3N2O5/c1-5-31-18-10-15(16(26(28)29)11-17(18)30-4)19(27)25-12-20(2,3)13-7-6-8-14(9-13)21(22,23)24/h6-11H,5,12H2,1-4H3,(H,25,27). The quantitative estimate of drug-likeness (QED) is 0.474. The van der Waals surface area contributed by atoms with Crippen LogP contribution in [0, 0.1) is 10.1 Å². The Labute approximate surface area is 177 Å². The van der Waals surface area contributed by atoms with Gasteiger partial charge in [-0.05, 0) is 18.6 Å². The fourth-order valence-electron chi connectivity index (χ4n) is 2.92. The van der Waals surface area contributed by atoms with E-state index in [-0.39, 0.29) is 30.2 Å². The van der Waals surface area contributed by atoms with Crippen LogP contribution in [0.5, 0.6) is 11.5 Å². The molecule has 0 radical (unpaired) electrons. The molecular weight excluding hydrogens is 417 g/mol. The van der Waals surface area contributed by atoms with Crippen molar-refractivity contribution < 1.29 is 32.4 Å². The van der Waals surface area contributed by atoms with E-state index in [1.807, 2.05) is 0 Å². The van der Waals surface area contributed by atoms with Gasteiger partial charge in [-0.25, -0.2) is 0 Å². The van der Waals surface area contributed by atoms with Gasteiger partial charge in [0.2, 0.25) is 0 Å². The number of carbonyl (C=O) groups excluding carboxylic acids is 1. The van der Waals surface area contributed by atoms with Gasteiger partial charge in [0.25, 0.3) is 11.6 Å². The van der Waals surface area contributed by atoms with E-state index in [9.17, 15) is 28.1 Å². The van der Waals surface area contributed by atoms with Crippen molar-refractivity contribution in [3.05, 3.63) is 63.2 Å². The highest BCUT2D eigenvalue weighted by Gasteiger charge is 2.33. The maximum atomic E-state index is 13.0. The minimum atomic E-state index is -4.49. The molecule has 0 bridgehead atoms. The molecule has 0 atom stereocenters. The molecule has 0 aromatic heterocycles. The third kappa shape index (κ3) is 5.65. The molecule has 0 aliphatic heterocycles. The second kappa shape index (κ2) is 9.23. The molecule has 0 aliphatic carbocycles. The molecule has 0 spiro atoms. The fraction of sp³-hybridized carbons (Fsp3) is 0.381. The summed E-state index contributed by atoms with van der Waals surface area (Å²) in [6, 6.07) is 7.13. The summed E-state index contributed by atoms with van der Waals surface area (Å²) in [6.07, 6.45) is -4.49. The molecule has 0 saturated carbocycles. The monoisotopic (exact) mass is 440 g/mol. The van der Waals surface area contributed by atoms with Crippen LogP contribution in [0.2, 0.25) is 0 Å². The highest BCUT2D eigenvalue weighted by molar-refractivity contribution is 5.99. The van der Waals surface area contributed by atoms with Crippen LogP contribution in [0.3, 0.4) is 0 Å². The lowest BCUT2D eigenvalue weighted by Gasteiger charge is -2.26. The number of rotatable bonds is 8. The average Bonchev–Trinajstić information content (AvgIpc) is 2.71. The number of hydrogen-bond acceptors (Lipinski definition) is 5. The molecule has 2 aromatic carbocycles. The summed E-state index contributed by atoms with van der Waals surface area (Å²) in [6.45, 7) is 5.23. The fourth-order valence-corrected chi connectivity index (χ4v) is 2.92. The molecule has 1 amide bonds. The number of benzene rings is 2. The Morgan fingerprint density at radius 3 is 2.32 bits per heavy atom. The lowest BCUT2D eigenvalue weighted by atomic mass is 9.83. The largest absolute Gasteiger partial charge is 0.493 e. The molecule has 2 rings (SSSR count). The Balaban J connectivity index is 2.31. The molecule has 7 nitrogen and oxygen atoms in total. The molecular formula is C21H23F3N2O5. The molecule has 2 aromatic rings. The maximum Gasteiger partial charge on any atom is 0.416 e. The van der Waals surface area contributed by atoms with Gasteiger partial charge in [0.15, 0.2) is 11.5 Å². The highest BCUT2D eigenvalue weighted by atomic mass is 19.4. The lowest BCUT2D eigenvalue weighted by Crippen LogP contribution is -2.37. The Kier molecular flexibility index (Phi) is 7.14. The second-order valence-corrected chi connectivity index (χ2v) is 7.36. The van der Waals surface area contributed by atoms with Gasteiger partial charge in [-0.2, -0.15) is 13.2 Å². The van der Waals surface area contributed by atoms with Gasteiger partial charge < -0.3 is 14.8 Å². The van der Waals surface area contributed by atoms with Crippen molar-refractivity contribution in [3.8, 4) is 11.5 Å². The van der Waals surface area contributed by atoms with Gasteiger partial charge in [0.1, 0.15) is 5.56 Å². The van der Waals surface area contributed by atoms with Crippen LogP contribution in [0.25, 0.3) is 0 Å². The van der Waals surface area contributed by atoms with E-state index in [0.29, 0.717) is 5.56 Å². The van der Waals surface area contributed by atoms with Crippen molar-refractivity contribution in [2.45, 2.75) is 32.4 Å². The number of alkyl halides is 3. The third-order valence-electron chi connectivity index (χ3n) is 4.69. The van der Waals surface area contributed by atoms with E-state index in [1.54, 1.807) is 20.8 Å². The Hall–Kier alpha value is -3.30. The lowest BCUT2D eigenvalue weighted by molar-refractivity contribution is -0.385. The molecule has 0 saturated heterocycles. The van der Waals surface area contributed by atoms with Crippen molar-refractivity contribution in [1.29, 1.82) is 0 Å². The summed E-state index contributed by atoms with van der Waals surface area (Å²) < 4.78 is 49.5. The number of methoxy groups -OCH3 is 1. The van der Waals surface area contributed by atoms with Gasteiger partial charge in [-0.15, -0.1) is 0 Å². The number of nitro groups is 1. The summed E-state index contributed by atoms with van der Waals surface area (Å²) in [4.78, 5) is 23.5. The molecule has 0 fully saturated rings. The van der Waals surface area contributed by atoms with Crippen LogP contribution >= 0.6 is 0 Å². The molecule has 1 N–H and O–H groups in total. The number of ether oxygens (including phenoxy) is 2. The molecule has 0 unspecified atom stereocenters. The zero-order valence-electron chi connectivity index (χ0n) is 17.5. The minimum absolute atomic E-state index is 0.0553. The summed E-state index contributed by atoms with van der Waals surface area (Å²) >= 11 is 0. The first-order valence-corrected chi connectivity index (χ1v) is 9.36. The van der Waals surface area contributed by atoms with E-state index in [2.05, 4.69) is 5.32 Å². The Morgan fingerprint density at radius 2 is 1.77 bits per heavy atom. The van der Waals surface area contributed by atoms with Crippen LogP contribution in [0.15, 0.2) is 36.4 Å². The first kappa shape index (κ1) is 24.0. The number of nitrogens with zero attached hydrogens (tertiary/aromatic N) is 1. The van der Waals surface area contributed by atoms with Gasteiger partial charge in [-0.3, -0.25) is 14.9 Å². The predicted octanol–water partition coefficient (Wildman–Crippen LogP) is 4.73. The van der Waals surface area contributed by atoms with Crippen molar-refractivity contribution in [2.24, 2.45) is 0 Å². The minimum Gasteiger partial charge on any atom is -0.493 e. The van der Waals surface area contributed by atoms with Gasteiger partial charge in [0.05, 0.1) is 30.3 Å². The van der Waals surface area contributed by atoms with E-state index < -0.39 is 33.7 Å². The van der Waals surface area contributed by atoms with Gasteiger partial charge >= 0.3 is 6.18 Å². The number of halogens is 3. The van der Waals surface area contributed by atoms with Gasteiger partial charge in [-0.1, -0.05) is 32.0 Å². The second-order valence-electron chi connectivity index (χ2n) is 7.36. The van der Waals surface area contributed by atoms with Crippen LogP contribution in [-0.4, -0.2) is 31.1 Å². The van der Waals surface area contributed by atoms with Crippen LogP contribution < -0.4 is 14.8 Å². The predicted molar refractivity (Wildman–Crippen MR) is 108 cm³/mol. The topological polar surface area (TPSA) is 90.7 Å². The molecule has 0 aliphatic rings. The number of hydrogen-bond donors (Lipinski definition) is 1. The van der Waals surface area contributed by atoms with Crippen molar-refractivity contribution in [1.82, 2.24) is 5.32 Å². The first-order valence-electron chi connectivity index (χ1n) is 9.36. The van der Waals surface area contributed by atoms with Crippen molar-refractivity contribution >= 4 is 11.6 Å². The van der Waals surface area contributed by atoms with Gasteiger partial charge in [0, 0.05) is 18.0 Å². The maximum absolute atomic E-state index is 13.0. The van der Waals surface area contributed by atoms with E-state index in [1.165, 1.54) is 25.3 Å². The number of carbonyl (C=O) groups is 1. The zero-order valence-corrected chi connectivity index (χ0v) is 17.5. The van der Waals surface area contributed by atoms with E-state index in [0.717, 1.165) is 18.2 Å². The number of amides is 1. The van der Waals surface area contributed by atoms with Crippen LogP contribution in [-0.2, 0) is 11.6 Å². The first-order chi connectivity index (χ1) is 14.4. The third-order valence-corrected chi connectivity index (χ3v) is 4.69. The SMILES string of the molecule is CCOc1cc(C(=O)NCC(C)(C)c2cccc(C(F)(F)F)c2)c([N+](=O)[O-])cc1OC. The average molecular weight is 440 g/mol. The normalized spacial score (nSPS) is 11.7. The van der Waals surface area contributed by atoms with Crippen molar-refractivity contribution in [2.75, 3.05) is 20.3 Å². The van der Waals surface area contributed by atoms with Crippen molar-refractivity contribution in [3.63, 3.8) is 0 Å². The Bertz CT molecular complexity index is 974. The number of nitro benzene ring substituents is 1. The summed E-state index contributed by atoms with van der Waals surface area (Å²) in [5.74, 6) is -0.484. The Morgan fingerprint density at radius 1 is 1.13 bits per heavy atom. The molecule has 31 heavy (non-hydrogen) atoms. The molecule has 0 heterocycles. The van der Waals surface area contributed by atoms with E-state index in [4.69, 9.17) is 9.47 Å². The zero-order chi connectivity index (χ0) is 23.4.